The molecule has 0 bridgehead atoms. The average molecular weight is 382 g/mol. The van der Waals surface area contributed by atoms with Crippen LogP contribution in [0.3, 0.4) is 0 Å². The third-order valence-corrected chi connectivity index (χ3v) is 4.35. The van der Waals surface area contributed by atoms with Crippen LogP contribution in [0.15, 0.2) is 71.9 Å². The van der Waals surface area contributed by atoms with Crippen molar-refractivity contribution in [1.29, 1.82) is 0 Å². The first-order valence-electron chi connectivity index (χ1n) is 8.78. The summed E-state index contributed by atoms with van der Waals surface area (Å²) in [4.78, 5) is 29.3. The molecule has 0 saturated carbocycles. The number of para-hydroxylation sites is 1. The maximum Gasteiger partial charge on any atom is 0.295 e. The van der Waals surface area contributed by atoms with Gasteiger partial charge in [-0.2, -0.15) is 4.52 Å². The van der Waals surface area contributed by atoms with Crippen molar-refractivity contribution in [2.45, 2.75) is 0 Å². The van der Waals surface area contributed by atoms with Crippen LogP contribution in [0.5, 0.6) is 0 Å². The molecule has 0 aliphatic rings. The molecule has 0 saturated heterocycles. The highest BCUT2D eigenvalue weighted by Crippen LogP contribution is 2.25. The fraction of sp³-hybridized carbons (Fsp3) is 0. The van der Waals surface area contributed by atoms with Gasteiger partial charge in [0.2, 0.25) is 5.95 Å². The van der Waals surface area contributed by atoms with E-state index < -0.39 is 5.56 Å². The first kappa shape index (κ1) is 16.8. The van der Waals surface area contributed by atoms with Gasteiger partial charge in [0, 0.05) is 29.0 Å². The van der Waals surface area contributed by atoms with Crippen molar-refractivity contribution in [1.82, 2.24) is 29.5 Å². The van der Waals surface area contributed by atoms with Crippen LogP contribution in [-0.2, 0) is 0 Å². The quantitative estimate of drug-likeness (QED) is 0.456. The van der Waals surface area contributed by atoms with Crippen LogP contribution in [0.2, 0.25) is 0 Å². The van der Waals surface area contributed by atoms with Gasteiger partial charge in [-0.05, 0) is 24.3 Å². The van der Waals surface area contributed by atoms with Gasteiger partial charge in [0.05, 0.1) is 11.7 Å². The van der Waals surface area contributed by atoms with E-state index in [0.717, 1.165) is 10.9 Å². The minimum atomic E-state index is -0.457. The van der Waals surface area contributed by atoms with Crippen LogP contribution in [0.25, 0.3) is 27.9 Å². The summed E-state index contributed by atoms with van der Waals surface area (Å²) in [7, 11) is 0. The van der Waals surface area contributed by atoms with E-state index in [1.54, 1.807) is 16.6 Å². The largest absolute Gasteiger partial charge is 0.399 e. The topological polar surface area (TPSA) is 124 Å². The fourth-order valence-corrected chi connectivity index (χ4v) is 3.02. The lowest BCUT2D eigenvalue weighted by atomic mass is 10.2. The number of fused-ring (bicyclic) bond motifs is 3. The Morgan fingerprint density at radius 1 is 1.00 bits per heavy atom. The predicted molar refractivity (Wildman–Crippen MR) is 110 cm³/mol. The first-order chi connectivity index (χ1) is 14.2. The van der Waals surface area contributed by atoms with Crippen molar-refractivity contribution in [3.05, 3.63) is 77.5 Å². The molecular weight excluding hydrogens is 368 g/mol. The number of hydrogen-bond donors (Lipinski definition) is 2. The Kier molecular flexibility index (Phi) is 3.84. The van der Waals surface area contributed by atoms with Gasteiger partial charge < -0.3 is 11.1 Å². The van der Waals surface area contributed by atoms with E-state index in [1.165, 1.54) is 18.6 Å². The molecule has 9 heteroatoms. The molecule has 3 N–H and O–H groups in total. The summed E-state index contributed by atoms with van der Waals surface area (Å²) < 4.78 is 1.56. The number of nitrogens with one attached hydrogen (secondary N) is 1. The zero-order chi connectivity index (χ0) is 19.8. The molecule has 3 heterocycles. The summed E-state index contributed by atoms with van der Waals surface area (Å²) in [6, 6.07) is 14.9. The SMILES string of the molecule is Nc1cccc(-c2nc3c4ccccc4nc(Nc4cnccnc4=O)n3n2)c1. The van der Waals surface area contributed by atoms with Crippen molar-refractivity contribution in [3.8, 4) is 11.4 Å². The molecule has 5 rings (SSSR count). The summed E-state index contributed by atoms with van der Waals surface area (Å²) in [6.45, 7) is 0. The molecule has 0 spiro atoms. The lowest BCUT2D eigenvalue weighted by Gasteiger charge is -2.07. The van der Waals surface area contributed by atoms with Gasteiger partial charge in [-0.3, -0.25) is 9.78 Å². The summed E-state index contributed by atoms with van der Waals surface area (Å²) in [5, 5.41) is 8.42. The molecule has 140 valence electrons. The zero-order valence-corrected chi connectivity index (χ0v) is 15.0. The standard InChI is InChI=1S/C20H14N8O/c21-13-5-3-4-12(10-13)17-26-18-14-6-1-2-7-15(14)24-20(28(18)27-17)25-16-11-22-8-9-23-19(16)29/h1-11H,21H2,(H,23,24,25,29). The van der Waals surface area contributed by atoms with E-state index in [9.17, 15) is 4.79 Å². The van der Waals surface area contributed by atoms with Gasteiger partial charge in [0.1, 0.15) is 5.69 Å². The fourth-order valence-electron chi connectivity index (χ4n) is 3.02. The summed E-state index contributed by atoms with van der Waals surface area (Å²) in [5.74, 6) is 0.823. The second-order valence-corrected chi connectivity index (χ2v) is 6.30. The van der Waals surface area contributed by atoms with Gasteiger partial charge in [0.25, 0.3) is 5.56 Å². The molecule has 2 aromatic carbocycles. The number of rotatable bonds is 3. The summed E-state index contributed by atoms with van der Waals surface area (Å²) in [5.41, 5.74) is 8.34. The molecule has 0 aliphatic carbocycles. The van der Waals surface area contributed by atoms with Crippen LogP contribution in [0.1, 0.15) is 0 Å². The molecule has 3 aromatic heterocycles. The van der Waals surface area contributed by atoms with Crippen molar-refractivity contribution >= 4 is 33.9 Å². The number of nitrogen functional groups attached to an aromatic ring is 1. The molecule has 9 nitrogen and oxygen atoms in total. The third kappa shape index (κ3) is 3.00. The minimum absolute atomic E-state index is 0.181. The first-order valence-corrected chi connectivity index (χ1v) is 8.78. The number of nitrogens with two attached hydrogens (primary N) is 1. The van der Waals surface area contributed by atoms with Gasteiger partial charge >= 0.3 is 0 Å². The highest BCUT2D eigenvalue weighted by atomic mass is 16.1. The Morgan fingerprint density at radius 2 is 1.90 bits per heavy atom. The number of benzene rings is 2. The van der Waals surface area contributed by atoms with Crippen LogP contribution < -0.4 is 16.6 Å². The number of anilines is 3. The van der Waals surface area contributed by atoms with E-state index in [0.29, 0.717) is 28.6 Å². The lowest BCUT2D eigenvalue weighted by Crippen LogP contribution is -2.11. The predicted octanol–water partition coefficient (Wildman–Crippen LogP) is 2.42. The Morgan fingerprint density at radius 3 is 2.79 bits per heavy atom. The number of hydrogen-bond acceptors (Lipinski definition) is 8. The second-order valence-electron chi connectivity index (χ2n) is 6.30. The lowest BCUT2D eigenvalue weighted by molar-refractivity contribution is 0.947. The Balaban J connectivity index is 1.76. The number of nitrogens with zero attached hydrogens (tertiary/aromatic N) is 6. The molecule has 0 radical (unpaired) electrons. The summed E-state index contributed by atoms with van der Waals surface area (Å²) >= 11 is 0. The van der Waals surface area contributed by atoms with Crippen molar-refractivity contribution in [2.75, 3.05) is 11.1 Å². The average Bonchev–Trinajstić information content (AvgIpc) is 3.09. The molecule has 0 fully saturated rings. The van der Waals surface area contributed by atoms with E-state index >= 15 is 0 Å². The van der Waals surface area contributed by atoms with E-state index in [4.69, 9.17) is 10.7 Å². The van der Waals surface area contributed by atoms with E-state index in [-0.39, 0.29) is 5.69 Å². The molecule has 0 atom stereocenters. The highest BCUT2D eigenvalue weighted by molar-refractivity contribution is 5.93. The van der Waals surface area contributed by atoms with Gasteiger partial charge in [-0.1, -0.05) is 24.3 Å². The van der Waals surface area contributed by atoms with E-state index in [2.05, 4.69) is 25.4 Å². The highest BCUT2D eigenvalue weighted by Gasteiger charge is 2.15. The Hall–Kier alpha value is -4.40. The summed E-state index contributed by atoms with van der Waals surface area (Å²) in [6.07, 6.45) is 4.17. The van der Waals surface area contributed by atoms with Crippen LogP contribution in [-0.4, -0.2) is 29.5 Å². The molecule has 0 unspecified atom stereocenters. The van der Waals surface area contributed by atoms with Crippen LogP contribution in [0, 0.1) is 0 Å². The Labute approximate surface area is 163 Å². The molecule has 29 heavy (non-hydrogen) atoms. The Bertz CT molecular complexity index is 1430. The van der Waals surface area contributed by atoms with Crippen LogP contribution >= 0.6 is 0 Å². The maximum atomic E-state index is 12.2. The van der Waals surface area contributed by atoms with Crippen molar-refractivity contribution in [2.24, 2.45) is 0 Å². The monoisotopic (exact) mass is 382 g/mol. The van der Waals surface area contributed by atoms with Crippen molar-refractivity contribution in [3.63, 3.8) is 0 Å². The number of aromatic nitrogens is 6. The van der Waals surface area contributed by atoms with Gasteiger partial charge in [0.15, 0.2) is 11.5 Å². The van der Waals surface area contributed by atoms with Crippen LogP contribution in [0.4, 0.5) is 17.3 Å². The van der Waals surface area contributed by atoms with Gasteiger partial charge in [-0.25, -0.2) is 15.0 Å². The minimum Gasteiger partial charge on any atom is -0.399 e. The molecular formula is C20H14N8O. The molecule has 0 amide bonds. The van der Waals surface area contributed by atoms with Crippen molar-refractivity contribution < 1.29 is 0 Å². The molecule has 0 aliphatic heterocycles. The smallest absolute Gasteiger partial charge is 0.295 e. The molecule has 5 aromatic rings. The van der Waals surface area contributed by atoms with Gasteiger partial charge in [-0.15, -0.1) is 5.10 Å². The zero-order valence-electron chi connectivity index (χ0n) is 15.0. The van der Waals surface area contributed by atoms with E-state index in [1.807, 2.05) is 36.4 Å². The second kappa shape index (κ2) is 6.64. The normalized spacial score (nSPS) is 11.0. The third-order valence-electron chi connectivity index (χ3n) is 4.35. The maximum absolute atomic E-state index is 12.2.